The Morgan fingerprint density at radius 2 is 2.12 bits per heavy atom. The molecule has 3 nitrogen and oxygen atoms in total. The fourth-order valence-electron chi connectivity index (χ4n) is 1.50. The van der Waals surface area contributed by atoms with Crippen LogP contribution in [0.4, 0.5) is 4.39 Å². The maximum absolute atomic E-state index is 13.0. The first kappa shape index (κ1) is 14.1. The van der Waals surface area contributed by atoms with E-state index in [4.69, 9.17) is 5.11 Å². The summed E-state index contributed by atoms with van der Waals surface area (Å²) in [7, 11) is 0. The number of carboxylic acids is 1. The third kappa shape index (κ3) is 4.83. The fourth-order valence-corrected chi connectivity index (χ4v) is 1.90. The van der Waals surface area contributed by atoms with Gasteiger partial charge in [-0.3, -0.25) is 4.79 Å². The van der Waals surface area contributed by atoms with Gasteiger partial charge in [0.2, 0.25) is 0 Å². The van der Waals surface area contributed by atoms with E-state index in [1.165, 1.54) is 18.2 Å². The van der Waals surface area contributed by atoms with Gasteiger partial charge in [-0.2, -0.15) is 0 Å². The summed E-state index contributed by atoms with van der Waals surface area (Å²) in [5, 5.41) is 18.3. The Bertz CT molecular complexity index is 395. The number of unbranched alkanes of at least 4 members (excludes halogenated alkanes) is 1. The minimum atomic E-state index is -0.830. The topological polar surface area (TPSA) is 57.5 Å². The van der Waals surface area contributed by atoms with Crippen LogP contribution in [0, 0.1) is 5.82 Å². The number of carbonyl (C=O) groups is 1. The Balaban J connectivity index is 2.44. The summed E-state index contributed by atoms with van der Waals surface area (Å²) >= 11 is 3.05. The van der Waals surface area contributed by atoms with E-state index in [0.29, 0.717) is 29.3 Å². The molecule has 0 saturated heterocycles. The van der Waals surface area contributed by atoms with Crippen molar-refractivity contribution in [3.63, 3.8) is 0 Å². The van der Waals surface area contributed by atoms with Gasteiger partial charge in [0.05, 0.1) is 10.6 Å². The van der Waals surface area contributed by atoms with Gasteiger partial charge in [0.1, 0.15) is 5.82 Å². The molecule has 0 heterocycles. The van der Waals surface area contributed by atoms with Crippen molar-refractivity contribution in [2.45, 2.75) is 31.8 Å². The molecule has 0 aromatic heterocycles. The summed E-state index contributed by atoms with van der Waals surface area (Å²) in [5.41, 5.74) is 0.633. The van der Waals surface area contributed by atoms with Crippen molar-refractivity contribution in [3.05, 3.63) is 34.1 Å². The van der Waals surface area contributed by atoms with Crippen LogP contribution in [0.3, 0.4) is 0 Å². The molecule has 17 heavy (non-hydrogen) atoms. The monoisotopic (exact) mass is 304 g/mol. The Morgan fingerprint density at radius 3 is 2.71 bits per heavy atom. The summed E-state index contributed by atoms with van der Waals surface area (Å²) in [6.45, 7) is 0. The number of aliphatic hydroxyl groups is 1. The number of aliphatic hydroxyl groups excluding tert-OH is 1. The molecular weight excluding hydrogens is 291 g/mol. The lowest BCUT2D eigenvalue weighted by atomic mass is 10.0. The van der Waals surface area contributed by atoms with Crippen molar-refractivity contribution in [1.82, 2.24) is 0 Å². The number of hydrogen-bond donors (Lipinski definition) is 2. The number of benzene rings is 1. The Hall–Kier alpha value is -0.940. The van der Waals surface area contributed by atoms with Gasteiger partial charge in [-0.25, -0.2) is 4.39 Å². The Labute approximate surface area is 107 Å². The van der Waals surface area contributed by atoms with Gasteiger partial charge in [-0.1, -0.05) is 6.07 Å². The minimum absolute atomic E-state index is 0.111. The van der Waals surface area contributed by atoms with Crippen molar-refractivity contribution < 1.29 is 19.4 Å². The second kappa shape index (κ2) is 6.71. The molecule has 2 N–H and O–H groups in total. The first-order valence-electron chi connectivity index (χ1n) is 5.35. The molecule has 0 fully saturated rings. The fraction of sp³-hybridized carbons (Fsp3) is 0.417. The van der Waals surface area contributed by atoms with Crippen LogP contribution in [0.2, 0.25) is 0 Å². The lowest BCUT2D eigenvalue weighted by Gasteiger charge is -2.11. The van der Waals surface area contributed by atoms with E-state index in [-0.39, 0.29) is 12.2 Å². The smallest absolute Gasteiger partial charge is 0.303 e. The van der Waals surface area contributed by atoms with E-state index < -0.39 is 12.1 Å². The van der Waals surface area contributed by atoms with Gasteiger partial charge >= 0.3 is 5.97 Å². The number of hydrogen-bond acceptors (Lipinski definition) is 2. The van der Waals surface area contributed by atoms with Gasteiger partial charge in [0.15, 0.2) is 0 Å². The van der Waals surface area contributed by atoms with Crippen molar-refractivity contribution >= 4 is 21.9 Å². The van der Waals surface area contributed by atoms with Gasteiger partial charge in [-0.05, 0) is 52.9 Å². The quantitative estimate of drug-likeness (QED) is 0.793. The molecule has 1 atom stereocenters. The molecule has 1 unspecified atom stereocenters. The van der Waals surface area contributed by atoms with Crippen LogP contribution in [0.25, 0.3) is 0 Å². The first-order valence-corrected chi connectivity index (χ1v) is 6.15. The average Bonchev–Trinajstić information content (AvgIpc) is 2.27. The lowest BCUT2D eigenvalue weighted by Crippen LogP contribution is -1.99. The number of halogens is 2. The second-order valence-corrected chi connectivity index (χ2v) is 4.68. The second-order valence-electron chi connectivity index (χ2n) is 3.83. The van der Waals surface area contributed by atoms with Crippen LogP contribution < -0.4 is 0 Å². The summed E-state index contributed by atoms with van der Waals surface area (Å²) in [6, 6.07) is 4.36. The molecule has 0 bridgehead atoms. The highest BCUT2D eigenvalue weighted by Gasteiger charge is 2.10. The Morgan fingerprint density at radius 1 is 1.41 bits per heavy atom. The molecule has 0 radical (unpaired) electrons. The van der Waals surface area contributed by atoms with Crippen molar-refractivity contribution in [2.24, 2.45) is 0 Å². The van der Waals surface area contributed by atoms with Crippen molar-refractivity contribution in [3.8, 4) is 0 Å². The summed E-state index contributed by atoms with van der Waals surface area (Å²) in [6.07, 6.45) is 1.07. The van der Waals surface area contributed by atoms with Crippen LogP contribution in [-0.2, 0) is 4.79 Å². The van der Waals surface area contributed by atoms with Crippen LogP contribution >= 0.6 is 15.9 Å². The van der Waals surface area contributed by atoms with Crippen LogP contribution in [0.15, 0.2) is 22.7 Å². The largest absolute Gasteiger partial charge is 0.481 e. The molecule has 0 saturated carbocycles. The van der Waals surface area contributed by atoms with Crippen LogP contribution in [-0.4, -0.2) is 16.2 Å². The average molecular weight is 305 g/mol. The molecule has 1 aromatic carbocycles. The van der Waals surface area contributed by atoms with Gasteiger partial charge in [0.25, 0.3) is 0 Å². The third-order valence-electron chi connectivity index (χ3n) is 2.45. The molecule has 5 heteroatoms. The zero-order valence-corrected chi connectivity index (χ0v) is 10.8. The summed E-state index contributed by atoms with van der Waals surface area (Å²) in [4.78, 5) is 10.3. The van der Waals surface area contributed by atoms with Gasteiger partial charge in [-0.15, -0.1) is 0 Å². The molecule has 94 valence electrons. The molecule has 1 rings (SSSR count). The standard InChI is InChI=1S/C12H14BrFO3/c13-9-7-8(5-6-10(9)14)11(15)3-1-2-4-12(16)17/h5-7,11,15H,1-4H2,(H,16,17). The van der Waals surface area contributed by atoms with Gasteiger partial charge in [0, 0.05) is 6.42 Å². The van der Waals surface area contributed by atoms with Crippen molar-refractivity contribution in [2.75, 3.05) is 0 Å². The SMILES string of the molecule is O=C(O)CCCCC(O)c1ccc(F)c(Br)c1. The lowest BCUT2D eigenvalue weighted by molar-refractivity contribution is -0.137. The third-order valence-corrected chi connectivity index (χ3v) is 3.05. The van der Waals surface area contributed by atoms with E-state index in [1.54, 1.807) is 0 Å². The van der Waals surface area contributed by atoms with E-state index >= 15 is 0 Å². The molecule has 0 aliphatic heterocycles. The summed E-state index contributed by atoms with van der Waals surface area (Å²) < 4.78 is 13.3. The highest BCUT2D eigenvalue weighted by atomic mass is 79.9. The highest BCUT2D eigenvalue weighted by Crippen LogP contribution is 2.24. The predicted octanol–water partition coefficient (Wildman–Crippen LogP) is 3.27. The first-order chi connectivity index (χ1) is 8.00. The zero-order valence-electron chi connectivity index (χ0n) is 9.20. The van der Waals surface area contributed by atoms with Crippen molar-refractivity contribution in [1.29, 1.82) is 0 Å². The minimum Gasteiger partial charge on any atom is -0.481 e. The van der Waals surface area contributed by atoms with Crippen LogP contribution in [0.5, 0.6) is 0 Å². The molecule has 0 spiro atoms. The Kier molecular flexibility index (Phi) is 5.58. The predicted molar refractivity (Wildman–Crippen MR) is 65.2 cm³/mol. The molecule has 0 aliphatic carbocycles. The van der Waals surface area contributed by atoms with E-state index in [0.717, 1.165) is 0 Å². The number of rotatable bonds is 6. The highest BCUT2D eigenvalue weighted by molar-refractivity contribution is 9.10. The maximum Gasteiger partial charge on any atom is 0.303 e. The molecule has 1 aromatic rings. The van der Waals surface area contributed by atoms with Crippen LogP contribution in [0.1, 0.15) is 37.4 Å². The van der Waals surface area contributed by atoms with E-state index in [9.17, 15) is 14.3 Å². The number of carboxylic acid groups (broad SMARTS) is 1. The maximum atomic E-state index is 13.0. The number of aliphatic carboxylic acids is 1. The summed E-state index contributed by atoms with van der Waals surface area (Å²) in [5.74, 6) is -1.20. The molecule has 0 aliphatic rings. The van der Waals surface area contributed by atoms with E-state index in [2.05, 4.69) is 15.9 Å². The van der Waals surface area contributed by atoms with Gasteiger partial charge < -0.3 is 10.2 Å². The zero-order chi connectivity index (χ0) is 12.8. The molecular formula is C12H14BrFO3. The normalized spacial score (nSPS) is 12.4. The molecule has 0 amide bonds. The van der Waals surface area contributed by atoms with E-state index in [1.807, 2.05) is 0 Å².